The molecule has 23 heavy (non-hydrogen) atoms. The van der Waals surface area contributed by atoms with Crippen LogP contribution < -0.4 is 10.6 Å². The van der Waals surface area contributed by atoms with Crippen LogP contribution in [0.3, 0.4) is 0 Å². The lowest BCUT2D eigenvalue weighted by Gasteiger charge is -2.09. The zero-order chi connectivity index (χ0) is 15.9. The molecule has 0 saturated carbocycles. The second-order valence-electron chi connectivity index (χ2n) is 5.28. The Morgan fingerprint density at radius 2 is 1.83 bits per heavy atom. The van der Waals surface area contributed by atoms with Crippen LogP contribution in [0.2, 0.25) is 0 Å². The molecule has 0 amide bonds. The minimum Gasteiger partial charge on any atom is -0.444 e. The van der Waals surface area contributed by atoms with Crippen molar-refractivity contribution in [2.24, 2.45) is 4.99 Å². The van der Waals surface area contributed by atoms with Crippen LogP contribution in [0.4, 0.5) is 0 Å². The van der Waals surface area contributed by atoms with Gasteiger partial charge in [0, 0.05) is 6.54 Å². The van der Waals surface area contributed by atoms with Gasteiger partial charge in [-0.05, 0) is 33.3 Å². The van der Waals surface area contributed by atoms with Crippen LogP contribution in [-0.4, -0.2) is 17.5 Å². The lowest BCUT2D eigenvalue weighted by atomic mass is 10.1. The molecule has 1 aromatic carbocycles. The van der Waals surface area contributed by atoms with Gasteiger partial charge in [-0.1, -0.05) is 29.8 Å². The molecule has 1 aromatic heterocycles. The first kappa shape index (κ1) is 19.5. The Bertz CT molecular complexity index is 615. The summed E-state index contributed by atoms with van der Waals surface area (Å²) in [5.41, 5.74) is 3.37. The van der Waals surface area contributed by atoms with Crippen molar-refractivity contribution in [1.82, 2.24) is 15.6 Å². The molecule has 2 rings (SSSR count). The number of aryl methyl sites for hydroxylation is 3. The van der Waals surface area contributed by atoms with Crippen molar-refractivity contribution in [3.05, 3.63) is 52.7 Å². The van der Waals surface area contributed by atoms with Crippen LogP contribution in [0.1, 0.15) is 35.4 Å². The molecule has 0 saturated heterocycles. The van der Waals surface area contributed by atoms with Crippen LogP contribution in [0.5, 0.6) is 0 Å². The van der Waals surface area contributed by atoms with E-state index < -0.39 is 0 Å². The summed E-state index contributed by atoms with van der Waals surface area (Å²) in [4.78, 5) is 8.94. The van der Waals surface area contributed by atoms with Gasteiger partial charge in [-0.15, -0.1) is 24.0 Å². The number of aromatic nitrogens is 1. The Morgan fingerprint density at radius 1 is 1.13 bits per heavy atom. The number of nitrogens with one attached hydrogen (secondary N) is 2. The van der Waals surface area contributed by atoms with E-state index in [-0.39, 0.29) is 24.0 Å². The molecule has 0 unspecified atom stereocenters. The molecule has 2 aromatic rings. The van der Waals surface area contributed by atoms with E-state index in [2.05, 4.69) is 51.8 Å². The summed E-state index contributed by atoms with van der Waals surface area (Å²) in [5.74, 6) is 2.30. The smallest absolute Gasteiger partial charge is 0.214 e. The monoisotopic (exact) mass is 428 g/mol. The third-order valence-electron chi connectivity index (χ3n) is 3.36. The van der Waals surface area contributed by atoms with Crippen molar-refractivity contribution in [2.75, 3.05) is 6.54 Å². The molecule has 1 heterocycles. The van der Waals surface area contributed by atoms with Gasteiger partial charge in [0.15, 0.2) is 5.96 Å². The van der Waals surface area contributed by atoms with E-state index in [0.29, 0.717) is 19.0 Å². The van der Waals surface area contributed by atoms with Crippen molar-refractivity contribution in [1.29, 1.82) is 0 Å². The number of benzene rings is 1. The summed E-state index contributed by atoms with van der Waals surface area (Å²) in [6, 6.07) is 8.40. The van der Waals surface area contributed by atoms with E-state index in [0.717, 1.165) is 24.0 Å². The molecule has 0 bridgehead atoms. The molecule has 0 aliphatic heterocycles. The van der Waals surface area contributed by atoms with Crippen LogP contribution in [0, 0.1) is 20.8 Å². The highest BCUT2D eigenvalue weighted by Crippen LogP contribution is 2.08. The van der Waals surface area contributed by atoms with Gasteiger partial charge in [0.05, 0.1) is 18.8 Å². The first-order valence-electron chi connectivity index (χ1n) is 7.59. The normalized spacial score (nSPS) is 11.0. The van der Waals surface area contributed by atoms with E-state index in [1.54, 1.807) is 0 Å². The number of oxazole rings is 1. The van der Waals surface area contributed by atoms with Gasteiger partial charge in [0.1, 0.15) is 5.76 Å². The molecule has 0 fully saturated rings. The molecule has 0 aliphatic rings. The quantitative estimate of drug-likeness (QED) is 0.435. The van der Waals surface area contributed by atoms with Crippen LogP contribution in [0.15, 0.2) is 33.7 Å². The Balaban J connectivity index is 0.00000264. The van der Waals surface area contributed by atoms with Crippen molar-refractivity contribution in [3.8, 4) is 0 Å². The standard InChI is InChI=1S/C17H24N4O.HI/c1-5-18-17(19-10-15-8-6-12(2)7-9-15)20-11-16-21-13(3)14(4)22-16;/h6-9H,5,10-11H2,1-4H3,(H2,18,19,20);1H. The SMILES string of the molecule is CCNC(=NCc1ccc(C)cc1)NCc1nc(C)c(C)o1.I. The third kappa shape index (κ3) is 6.21. The van der Waals surface area contributed by atoms with E-state index >= 15 is 0 Å². The highest BCUT2D eigenvalue weighted by Gasteiger charge is 2.06. The molecule has 0 atom stereocenters. The summed E-state index contributed by atoms with van der Waals surface area (Å²) < 4.78 is 5.56. The average Bonchev–Trinajstić information content (AvgIpc) is 2.82. The third-order valence-corrected chi connectivity index (χ3v) is 3.36. The molecular formula is C17H25IN4O. The first-order valence-corrected chi connectivity index (χ1v) is 7.59. The maximum Gasteiger partial charge on any atom is 0.214 e. The summed E-state index contributed by atoms with van der Waals surface area (Å²) in [5, 5.41) is 6.47. The molecule has 5 nitrogen and oxygen atoms in total. The first-order chi connectivity index (χ1) is 10.6. The Hall–Kier alpha value is -1.57. The van der Waals surface area contributed by atoms with Gasteiger partial charge in [-0.3, -0.25) is 0 Å². The number of hydrogen-bond acceptors (Lipinski definition) is 3. The zero-order valence-corrected chi connectivity index (χ0v) is 16.5. The minimum atomic E-state index is 0. The maximum atomic E-state index is 5.56. The van der Waals surface area contributed by atoms with E-state index in [1.807, 2.05) is 20.8 Å². The van der Waals surface area contributed by atoms with Gasteiger partial charge >= 0.3 is 0 Å². The van der Waals surface area contributed by atoms with Gasteiger partial charge in [0.25, 0.3) is 0 Å². The molecule has 0 spiro atoms. The van der Waals surface area contributed by atoms with Crippen molar-refractivity contribution < 1.29 is 4.42 Å². The predicted octanol–water partition coefficient (Wildman–Crippen LogP) is 3.47. The molecule has 0 radical (unpaired) electrons. The Kier molecular flexibility index (Phi) is 8.08. The Morgan fingerprint density at radius 3 is 2.39 bits per heavy atom. The van der Waals surface area contributed by atoms with Crippen LogP contribution in [-0.2, 0) is 13.1 Å². The topological polar surface area (TPSA) is 62.5 Å². The van der Waals surface area contributed by atoms with Crippen molar-refractivity contribution >= 4 is 29.9 Å². The van der Waals surface area contributed by atoms with Crippen LogP contribution in [0.25, 0.3) is 0 Å². The molecule has 6 heteroatoms. The second-order valence-corrected chi connectivity index (χ2v) is 5.28. The predicted molar refractivity (Wildman–Crippen MR) is 104 cm³/mol. The van der Waals surface area contributed by atoms with Gasteiger partial charge in [-0.2, -0.15) is 0 Å². The van der Waals surface area contributed by atoms with Crippen molar-refractivity contribution in [2.45, 2.75) is 40.8 Å². The molecular weight excluding hydrogens is 403 g/mol. The van der Waals surface area contributed by atoms with E-state index in [4.69, 9.17) is 4.42 Å². The van der Waals surface area contributed by atoms with Gasteiger partial charge in [0.2, 0.25) is 5.89 Å². The average molecular weight is 428 g/mol. The van der Waals surface area contributed by atoms with Gasteiger partial charge < -0.3 is 15.1 Å². The lowest BCUT2D eigenvalue weighted by molar-refractivity contribution is 0.463. The van der Waals surface area contributed by atoms with Crippen LogP contribution >= 0.6 is 24.0 Å². The van der Waals surface area contributed by atoms with Gasteiger partial charge in [-0.25, -0.2) is 9.98 Å². The maximum absolute atomic E-state index is 5.56. The minimum absolute atomic E-state index is 0. The Labute approximate surface area is 155 Å². The highest BCUT2D eigenvalue weighted by molar-refractivity contribution is 14.0. The summed E-state index contributed by atoms with van der Waals surface area (Å²) in [7, 11) is 0. The fourth-order valence-electron chi connectivity index (χ4n) is 1.98. The lowest BCUT2D eigenvalue weighted by Crippen LogP contribution is -2.36. The summed E-state index contributed by atoms with van der Waals surface area (Å²) in [6.45, 7) is 9.96. The zero-order valence-electron chi connectivity index (χ0n) is 14.1. The molecule has 0 aliphatic carbocycles. The number of aliphatic imine (C=N–C) groups is 1. The number of nitrogens with zero attached hydrogens (tertiary/aromatic N) is 2. The fourth-order valence-corrected chi connectivity index (χ4v) is 1.98. The number of hydrogen-bond donors (Lipinski definition) is 2. The summed E-state index contributed by atoms with van der Waals surface area (Å²) in [6.07, 6.45) is 0. The van der Waals surface area contributed by atoms with E-state index in [9.17, 15) is 0 Å². The highest BCUT2D eigenvalue weighted by atomic mass is 127. The second kappa shape index (κ2) is 9.54. The number of rotatable bonds is 5. The number of halogens is 1. The summed E-state index contributed by atoms with van der Waals surface area (Å²) >= 11 is 0. The fraction of sp³-hybridized carbons (Fsp3) is 0.412. The molecule has 2 N–H and O–H groups in total. The molecule has 126 valence electrons. The largest absolute Gasteiger partial charge is 0.444 e. The van der Waals surface area contributed by atoms with E-state index in [1.165, 1.54) is 11.1 Å². The van der Waals surface area contributed by atoms with Crippen molar-refractivity contribution in [3.63, 3.8) is 0 Å². The number of guanidine groups is 1.